The third kappa shape index (κ3) is 4.76. The van der Waals surface area contributed by atoms with E-state index in [0.29, 0.717) is 37.6 Å². The lowest BCUT2D eigenvalue weighted by Crippen LogP contribution is -2.45. The van der Waals surface area contributed by atoms with Gasteiger partial charge in [0.1, 0.15) is 11.6 Å². The van der Waals surface area contributed by atoms with Crippen LogP contribution in [0.25, 0.3) is 0 Å². The van der Waals surface area contributed by atoms with Gasteiger partial charge in [-0.25, -0.2) is 9.37 Å². The van der Waals surface area contributed by atoms with E-state index in [2.05, 4.69) is 10.3 Å². The van der Waals surface area contributed by atoms with E-state index in [-0.39, 0.29) is 11.7 Å². The Morgan fingerprint density at radius 1 is 1.20 bits per heavy atom. The van der Waals surface area contributed by atoms with Crippen molar-refractivity contribution < 1.29 is 13.9 Å². The molecule has 0 saturated heterocycles. The third-order valence-electron chi connectivity index (χ3n) is 4.51. The summed E-state index contributed by atoms with van der Waals surface area (Å²) in [6.45, 7) is 4.65. The van der Waals surface area contributed by atoms with E-state index in [4.69, 9.17) is 10.5 Å². The molecule has 0 radical (unpaired) electrons. The molecule has 3 N–H and O–H groups in total. The second-order valence-electron chi connectivity index (χ2n) is 5.93. The van der Waals surface area contributed by atoms with Crippen LogP contribution < -0.4 is 15.8 Å². The number of nitrogens with two attached hydrogens (primary N) is 1. The summed E-state index contributed by atoms with van der Waals surface area (Å²) in [5, 5.41) is 2.93. The van der Waals surface area contributed by atoms with Gasteiger partial charge in [-0.2, -0.15) is 0 Å². The van der Waals surface area contributed by atoms with E-state index in [1.165, 1.54) is 24.3 Å². The quantitative estimate of drug-likeness (QED) is 0.769. The minimum absolute atomic E-state index is 0.0355. The van der Waals surface area contributed by atoms with E-state index >= 15 is 0 Å². The van der Waals surface area contributed by atoms with Crippen molar-refractivity contribution in [2.45, 2.75) is 33.2 Å². The Bertz CT molecular complexity index is 675. The molecule has 6 heteroatoms. The topological polar surface area (TPSA) is 77.2 Å². The van der Waals surface area contributed by atoms with Crippen LogP contribution in [0.15, 0.2) is 42.6 Å². The highest BCUT2D eigenvalue weighted by atomic mass is 19.1. The van der Waals surface area contributed by atoms with Gasteiger partial charge in [0, 0.05) is 25.4 Å². The number of rotatable bonds is 8. The zero-order chi connectivity index (χ0) is 18.3. The highest BCUT2D eigenvalue weighted by Crippen LogP contribution is 2.25. The molecule has 1 heterocycles. The van der Waals surface area contributed by atoms with Crippen LogP contribution in [-0.4, -0.2) is 17.4 Å². The van der Waals surface area contributed by atoms with Gasteiger partial charge in [-0.1, -0.05) is 19.9 Å². The third-order valence-corrected chi connectivity index (χ3v) is 4.51. The summed E-state index contributed by atoms with van der Waals surface area (Å²) < 4.78 is 18.4. The normalized spacial score (nSPS) is 11.2. The highest BCUT2D eigenvalue weighted by molar-refractivity contribution is 5.82. The molecule has 1 aromatic heterocycles. The Morgan fingerprint density at radius 2 is 1.88 bits per heavy atom. The van der Waals surface area contributed by atoms with E-state index in [0.717, 1.165) is 5.56 Å². The lowest BCUT2D eigenvalue weighted by molar-refractivity contribution is -0.131. The largest absolute Gasteiger partial charge is 0.439 e. The molecule has 1 aromatic carbocycles. The minimum Gasteiger partial charge on any atom is -0.439 e. The Labute approximate surface area is 147 Å². The van der Waals surface area contributed by atoms with Crippen LogP contribution in [-0.2, 0) is 11.3 Å². The first kappa shape index (κ1) is 18.9. The van der Waals surface area contributed by atoms with Crippen LogP contribution in [0.1, 0.15) is 32.3 Å². The van der Waals surface area contributed by atoms with Gasteiger partial charge in [0.05, 0.1) is 5.41 Å². The molecule has 134 valence electrons. The van der Waals surface area contributed by atoms with E-state index in [9.17, 15) is 9.18 Å². The lowest BCUT2D eigenvalue weighted by Gasteiger charge is -2.28. The number of halogens is 1. The number of hydrogen-bond acceptors (Lipinski definition) is 4. The Balaban J connectivity index is 1.94. The molecule has 0 aliphatic rings. The average molecular weight is 345 g/mol. The molecule has 0 spiro atoms. The molecule has 2 rings (SSSR count). The first-order valence-corrected chi connectivity index (χ1v) is 8.39. The first-order chi connectivity index (χ1) is 12.0. The smallest absolute Gasteiger partial charge is 0.227 e. The molecule has 0 saturated carbocycles. The maximum absolute atomic E-state index is 12.9. The molecule has 25 heavy (non-hydrogen) atoms. The van der Waals surface area contributed by atoms with Crippen molar-refractivity contribution in [3.05, 3.63) is 54.0 Å². The molecule has 0 fully saturated rings. The second-order valence-corrected chi connectivity index (χ2v) is 5.93. The number of ether oxygens (including phenoxy) is 1. The molecule has 2 aromatic rings. The number of aromatic nitrogens is 1. The van der Waals surface area contributed by atoms with E-state index in [1.54, 1.807) is 12.3 Å². The van der Waals surface area contributed by atoms with Gasteiger partial charge in [-0.3, -0.25) is 4.79 Å². The Hall–Kier alpha value is -2.47. The van der Waals surface area contributed by atoms with Crippen molar-refractivity contribution in [2.24, 2.45) is 11.1 Å². The molecule has 0 aliphatic heterocycles. The summed E-state index contributed by atoms with van der Waals surface area (Å²) >= 11 is 0. The number of carbonyl (C=O) groups is 1. The van der Waals surface area contributed by atoms with Crippen molar-refractivity contribution >= 4 is 5.91 Å². The predicted molar refractivity (Wildman–Crippen MR) is 94.6 cm³/mol. The number of carbonyl (C=O) groups excluding carboxylic acids is 1. The van der Waals surface area contributed by atoms with E-state index < -0.39 is 5.41 Å². The maximum atomic E-state index is 12.9. The summed E-state index contributed by atoms with van der Waals surface area (Å²) in [4.78, 5) is 16.6. The fraction of sp³-hybridized carbons (Fsp3) is 0.368. The minimum atomic E-state index is -0.515. The van der Waals surface area contributed by atoms with Crippen LogP contribution in [0.5, 0.6) is 11.6 Å². The first-order valence-electron chi connectivity index (χ1n) is 8.39. The van der Waals surface area contributed by atoms with Crippen LogP contribution in [0, 0.1) is 11.2 Å². The zero-order valence-electron chi connectivity index (χ0n) is 14.6. The number of benzene rings is 1. The number of nitrogens with zero attached hydrogens (tertiary/aromatic N) is 1. The number of amides is 1. The molecule has 5 nitrogen and oxygen atoms in total. The SMILES string of the molecule is CCC(CC)(CN)C(=O)NCc1ccc(Oc2ccc(F)cc2)nc1. The van der Waals surface area contributed by atoms with Crippen molar-refractivity contribution in [2.75, 3.05) is 6.54 Å². The fourth-order valence-electron chi connectivity index (χ4n) is 2.52. The van der Waals surface area contributed by atoms with Gasteiger partial charge in [0.15, 0.2) is 0 Å². The van der Waals surface area contributed by atoms with Crippen molar-refractivity contribution in [3.8, 4) is 11.6 Å². The number of hydrogen-bond donors (Lipinski definition) is 2. The van der Waals surface area contributed by atoms with Gasteiger partial charge in [0.2, 0.25) is 11.8 Å². The summed E-state index contributed by atoms with van der Waals surface area (Å²) in [5.41, 5.74) is 6.13. The average Bonchev–Trinajstić information content (AvgIpc) is 2.65. The molecular weight excluding hydrogens is 321 g/mol. The van der Waals surface area contributed by atoms with Crippen molar-refractivity contribution in [3.63, 3.8) is 0 Å². The second kappa shape index (κ2) is 8.58. The van der Waals surface area contributed by atoms with E-state index in [1.807, 2.05) is 19.9 Å². The molecule has 0 unspecified atom stereocenters. The van der Waals surface area contributed by atoms with Crippen LogP contribution in [0.2, 0.25) is 0 Å². The van der Waals surface area contributed by atoms with Gasteiger partial charge >= 0.3 is 0 Å². The lowest BCUT2D eigenvalue weighted by atomic mass is 9.81. The fourth-order valence-corrected chi connectivity index (χ4v) is 2.52. The highest BCUT2D eigenvalue weighted by Gasteiger charge is 2.32. The van der Waals surface area contributed by atoms with Gasteiger partial charge in [-0.15, -0.1) is 0 Å². The van der Waals surface area contributed by atoms with Gasteiger partial charge in [-0.05, 0) is 42.7 Å². The molecule has 0 aliphatic carbocycles. The summed E-state index contributed by atoms with van der Waals surface area (Å²) in [6.07, 6.45) is 3.05. The predicted octanol–water partition coefficient (Wildman–Crippen LogP) is 3.39. The van der Waals surface area contributed by atoms with Crippen LogP contribution >= 0.6 is 0 Å². The number of pyridine rings is 1. The summed E-state index contributed by atoms with van der Waals surface area (Å²) in [7, 11) is 0. The molecule has 0 atom stereocenters. The molecule has 1 amide bonds. The van der Waals surface area contributed by atoms with Crippen LogP contribution in [0.3, 0.4) is 0 Å². The standard InChI is InChI=1S/C19H24FN3O2/c1-3-19(4-2,13-21)18(24)23-12-14-5-10-17(22-11-14)25-16-8-6-15(20)7-9-16/h5-11H,3-4,12-13,21H2,1-2H3,(H,23,24). The van der Waals surface area contributed by atoms with Gasteiger partial charge in [0.25, 0.3) is 0 Å². The molecular formula is C19H24FN3O2. The van der Waals surface area contributed by atoms with Gasteiger partial charge < -0.3 is 15.8 Å². The zero-order valence-corrected chi connectivity index (χ0v) is 14.6. The molecule has 0 bridgehead atoms. The maximum Gasteiger partial charge on any atom is 0.227 e. The van der Waals surface area contributed by atoms with Crippen LogP contribution in [0.4, 0.5) is 4.39 Å². The monoisotopic (exact) mass is 345 g/mol. The van der Waals surface area contributed by atoms with Crippen molar-refractivity contribution in [1.82, 2.24) is 10.3 Å². The summed E-state index contributed by atoms with van der Waals surface area (Å²) in [6, 6.07) is 9.25. The Morgan fingerprint density at radius 3 is 2.40 bits per heavy atom. The van der Waals surface area contributed by atoms with Crippen molar-refractivity contribution in [1.29, 1.82) is 0 Å². The number of nitrogens with one attached hydrogen (secondary N) is 1. The summed E-state index contributed by atoms with van der Waals surface area (Å²) in [5.74, 6) is 0.555. The Kier molecular flexibility index (Phi) is 6.47.